The molecule has 0 aliphatic rings. The fourth-order valence-corrected chi connectivity index (χ4v) is 5.78. The lowest BCUT2D eigenvalue weighted by atomic mass is 10.0. The third-order valence-corrected chi connectivity index (χ3v) is 8.96. The summed E-state index contributed by atoms with van der Waals surface area (Å²) in [6.45, 7) is 2.75. The molecule has 0 aliphatic heterocycles. The number of phosphoric acid groups is 1. The van der Waals surface area contributed by atoms with Crippen molar-refractivity contribution in [2.75, 3.05) is 19.8 Å². The van der Waals surface area contributed by atoms with Crippen LogP contribution in [0.15, 0.2) is 12.2 Å². The van der Waals surface area contributed by atoms with Gasteiger partial charge in [0, 0.05) is 12.8 Å². The summed E-state index contributed by atoms with van der Waals surface area (Å²) >= 11 is 0. The second kappa shape index (κ2) is 32.4. The van der Waals surface area contributed by atoms with Crippen molar-refractivity contribution in [1.82, 2.24) is 0 Å². The molecule has 282 valence electrons. The molecule has 0 aromatic carbocycles. The molecular weight excluding hydrogens is 637 g/mol. The number of ether oxygens (including phenoxy) is 2. The molecule has 0 fully saturated rings. The summed E-state index contributed by atoms with van der Waals surface area (Å²) in [7, 11) is -4.71. The summed E-state index contributed by atoms with van der Waals surface area (Å²) in [6, 6.07) is -1.52. The van der Waals surface area contributed by atoms with Gasteiger partial charge in [-0.1, -0.05) is 129 Å². The Balaban J connectivity index is 4.48. The molecule has 0 radical (unpaired) electrons. The highest BCUT2D eigenvalue weighted by Crippen LogP contribution is 2.43. The molecule has 0 heterocycles. The van der Waals surface area contributed by atoms with Crippen LogP contribution in [0.5, 0.6) is 0 Å². The van der Waals surface area contributed by atoms with Gasteiger partial charge in [-0.3, -0.25) is 23.4 Å². The van der Waals surface area contributed by atoms with E-state index in [1.54, 1.807) is 0 Å². The zero-order valence-corrected chi connectivity index (χ0v) is 31.0. The van der Waals surface area contributed by atoms with Gasteiger partial charge < -0.3 is 25.2 Å². The molecule has 0 saturated heterocycles. The average Bonchev–Trinajstić information content (AvgIpc) is 3.05. The Bertz CT molecular complexity index is 885. The van der Waals surface area contributed by atoms with Crippen molar-refractivity contribution in [3.63, 3.8) is 0 Å². The maximum Gasteiger partial charge on any atom is 0.472 e. The molecule has 3 atom stereocenters. The molecule has 0 aromatic heterocycles. The first-order valence-corrected chi connectivity index (χ1v) is 20.2. The highest BCUT2D eigenvalue weighted by molar-refractivity contribution is 7.47. The maximum atomic E-state index is 12.5. The molecule has 0 bridgehead atoms. The van der Waals surface area contributed by atoms with Crippen molar-refractivity contribution in [3.8, 4) is 0 Å². The minimum atomic E-state index is -4.71. The van der Waals surface area contributed by atoms with Crippen LogP contribution in [0.4, 0.5) is 0 Å². The predicted molar refractivity (Wildman–Crippen MR) is 189 cm³/mol. The van der Waals surface area contributed by atoms with Crippen LogP contribution >= 0.6 is 7.82 Å². The lowest BCUT2D eigenvalue weighted by Crippen LogP contribution is -2.34. The van der Waals surface area contributed by atoms with Crippen LogP contribution in [0, 0.1) is 0 Å². The van der Waals surface area contributed by atoms with E-state index in [4.69, 9.17) is 24.8 Å². The Morgan fingerprint density at radius 3 is 1.56 bits per heavy atom. The van der Waals surface area contributed by atoms with E-state index in [1.165, 1.54) is 89.9 Å². The monoisotopic (exact) mass is 705 g/mol. The SMILES string of the molecule is CCCCCCCC/C=C/CCCCC(=O)OC(COC(=O)CCCCCCCCCCCCCC)COP(=O)(O)OCC(N)C(=O)O. The van der Waals surface area contributed by atoms with Crippen molar-refractivity contribution in [3.05, 3.63) is 12.2 Å². The van der Waals surface area contributed by atoms with Crippen LogP contribution in [0.3, 0.4) is 0 Å². The van der Waals surface area contributed by atoms with E-state index in [-0.39, 0.29) is 19.4 Å². The molecular formula is C36H68NO10P. The molecule has 0 rings (SSSR count). The maximum absolute atomic E-state index is 12.5. The van der Waals surface area contributed by atoms with Gasteiger partial charge >= 0.3 is 25.7 Å². The number of carbonyl (C=O) groups is 3. The number of nitrogens with two attached hydrogens (primary N) is 1. The predicted octanol–water partition coefficient (Wildman–Crippen LogP) is 8.95. The van der Waals surface area contributed by atoms with Crippen molar-refractivity contribution in [1.29, 1.82) is 0 Å². The zero-order valence-electron chi connectivity index (χ0n) is 30.1. The summed E-state index contributed by atoms with van der Waals surface area (Å²) < 4.78 is 32.5. The van der Waals surface area contributed by atoms with Crippen LogP contribution < -0.4 is 5.73 Å². The molecule has 3 unspecified atom stereocenters. The summed E-state index contributed by atoms with van der Waals surface area (Å²) in [6.07, 6.45) is 28.6. The second-order valence-corrected chi connectivity index (χ2v) is 14.2. The van der Waals surface area contributed by atoms with Crippen molar-refractivity contribution in [2.45, 2.75) is 180 Å². The largest absolute Gasteiger partial charge is 0.480 e. The quantitative estimate of drug-likeness (QED) is 0.0249. The normalized spacial score (nSPS) is 14.1. The van der Waals surface area contributed by atoms with Gasteiger partial charge in [0.05, 0.1) is 13.2 Å². The number of carboxylic acid groups (broad SMARTS) is 1. The topological polar surface area (TPSA) is 172 Å². The van der Waals surface area contributed by atoms with E-state index in [0.717, 1.165) is 38.5 Å². The van der Waals surface area contributed by atoms with Gasteiger partial charge in [-0.2, -0.15) is 0 Å². The lowest BCUT2D eigenvalue weighted by Gasteiger charge is -2.20. The van der Waals surface area contributed by atoms with Crippen molar-refractivity contribution < 1.29 is 47.5 Å². The van der Waals surface area contributed by atoms with Gasteiger partial charge in [-0.25, -0.2) is 4.57 Å². The summed E-state index contributed by atoms with van der Waals surface area (Å²) in [5, 5.41) is 8.84. The smallest absolute Gasteiger partial charge is 0.472 e. The fraction of sp³-hybridized carbons (Fsp3) is 0.861. The Hall–Kier alpha value is -1.78. The first kappa shape index (κ1) is 46.2. The number of hydrogen-bond donors (Lipinski definition) is 3. The van der Waals surface area contributed by atoms with E-state index in [2.05, 4.69) is 30.5 Å². The Morgan fingerprint density at radius 2 is 1.04 bits per heavy atom. The Kier molecular flexibility index (Phi) is 31.2. The van der Waals surface area contributed by atoms with Gasteiger partial charge in [-0.15, -0.1) is 0 Å². The third kappa shape index (κ3) is 31.5. The number of esters is 2. The van der Waals surface area contributed by atoms with Gasteiger partial charge in [0.1, 0.15) is 12.6 Å². The number of carbonyl (C=O) groups excluding carboxylic acids is 2. The van der Waals surface area contributed by atoms with Gasteiger partial charge in [0.2, 0.25) is 0 Å². The number of carboxylic acids is 1. The molecule has 48 heavy (non-hydrogen) atoms. The minimum absolute atomic E-state index is 0.134. The number of unbranched alkanes of at least 4 members (excludes halogenated alkanes) is 19. The summed E-state index contributed by atoms with van der Waals surface area (Å²) in [5.74, 6) is -2.40. The molecule has 0 saturated carbocycles. The number of aliphatic carboxylic acids is 1. The van der Waals surface area contributed by atoms with Crippen molar-refractivity contribution >= 4 is 25.7 Å². The van der Waals surface area contributed by atoms with Crippen LogP contribution in [0.1, 0.15) is 168 Å². The van der Waals surface area contributed by atoms with Gasteiger partial charge in [0.25, 0.3) is 0 Å². The van der Waals surface area contributed by atoms with Crippen LogP contribution in [-0.4, -0.2) is 59.9 Å². The number of phosphoric ester groups is 1. The molecule has 0 aliphatic carbocycles. The third-order valence-electron chi connectivity index (χ3n) is 8.01. The first-order chi connectivity index (χ1) is 23.1. The second-order valence-electron chi connectivity index (χ2n) is 12.7. The van der Waals surface area contributed by atoms with E-state index in [9.17, 15) is 23.8 Å². The van der Waals surface area contributed by atoms with Gasteiger partial charge in [0.15, 0.2) is 6.10 Å². The van der Waals surface area contributed by atoms with E-state index in [1.807, 2.05) is 0 Å². The number of allylic oxidation sites excluding steroid dienone is 2. The van der Waals surface area contributed by atoms with Crippen molar-refractivity contribution in [2.24, 2.45) is 5.73 Å². The molecule has 0 spiro atoms. The summed E-state index contributed by atoms with van der Waals surface area (Å²) in [4.78, 5) is 45.6. The van der Waals surface area contributed by atoms with Crippen LogP contribution in [0.25, 0.3) is 0 Å². The summed E-state index contributed by atoms with van der Waals surface area (Å²) in [5.41, 5.74) is 5.31. The number of hydrogen-bond acceptors (Lipinski definition) is 9. The molecule has 0 aromatic rings. The van der Waals surface area contributed by atoms with Crippen LogP contribution in [0.2, 0.25) is 0 Å². The minimum Gasteiger partial charge on any atom is -0.480 e. The standard InChI is InChI=1S/C36H68NO10P/c1-3-5-7-9-11-13-15-17-19-21-23-25-27-34(38)44-29-32(30-45-48(42,43)46-31-33(37)36(40)41)47-35(39)28-26-24-22-20-18-16-14-12-10-8-6-4-2/h18,20,32-33H,3-17,19,21-31,37H2,1-2H3,(H,40,41)(H,42,43)/b20-18+. The number of rotatable bonds is 35. The Labute approximate surface area is 290 Å². The zero-order chi connectivity index (χ0) is 35.7. The first-order valence-electron chi connectivity index (χ1n) is 18.7. The Morgan fingerprint density at radius 1 is 0.625 bits per heavy atom. The molecule has 4 N–H and O–H groups in total. The van der Waals surface area contributed by atoms with E-state index >= 15 is 0 Å². The van der Waals surface area contributed by atoms with Crippen LogP contribution in [-0.2, 0) is 37.5 Å². The highest BCUT2D eigenvalue weighted by atomic mass is 31.2. The lowest BCUT2D eigenvalue weighted by molar-refractivity contribution is -0.161. The van der Waals surface area contributed by atoms with E-state index in [0.29, 0.717) is 12.8 Å². The van der Waals surface area contributed by atoms with Gasteiger partial charge in [-0.05, 0) is 38.5 Å². The van der Waals surface area contributed by atoms with E-state index < -0.39 is 51.1 Å². The fourth-order valence-electron chi connectivity index (χ4n) is 5.00. The highest BCUT2D eigenvalue weighted by Gasteiger charge is 2.28. The average molecular weight is 706 g/mol. The molecule has 0 amide bonds. The molecule has 12 heteroatoms. The molecule has 11 nitrogen and oxygen atoms in total.